The molecule has 0 spiro atoms. The van der Waals surface area contributed by atoms with Gasteiger partial charge in [0.1, 0.15) is 0 Å². The lowest BCUT2D eigenvalue weighted by molar-refractivity contribution is 0.185. The van der Waals surface area contributed by atoms with E-state index in [9.17, 15) is 0 Å². The number of benzene rings is 1. The Morgan fingerprint density at radius 2 is 1.81 bits per heavy atom. The first-order chi connectivity index (χ1) is 7.68. The van der Waals surface area contributed by atoms with E-state index in [-0.39, 0.29) is 0 Å². The highest BCUT2D eigenvalue weighted by Gasteiger charge is 2.29. The Bertz CT molecular complexity index is 309. The molecule has 0 aliphatic heterocycles. The molecule has 0 heterocycles. The largest absolute Gasteiger partial charge is 0.328 e. The second kappa shape index (κ2) is 5.01. The zero-order valence-corrected chi connectivity index (χ0v) is 10.3. The minimum atomic E-state index is 0.463. The molecular formula is C15H23N. The third-order valence-corrected chi connectivity index (χ3v) is 4.10. The lowest BCUT2D eigenvalue weighted by Crippen LogP contribution is -2.32. The minimum Gasteiger partial charge on any atom is -0.328 e. The second-order valence-corrected chi connectivity index (χ2v) is 5.63. The summed E-state index contributed by atoms with van der Waals surface area (Å²) in [5.41, 5.74) is 7.97. The normalized spacial score (nSPS) is 30.2. The van der Waals surface area contributed by atoms with E-state index < -0.39 is 0 Å². The molecule has 1 heteroatoms. The first-order valence-electron chi connectivity index (χ1n) is 6.47. The summed E-state index contributed by atoms with van der Waals surface area (Å²) in [6, 6.07) is 11.3. The summed E-state index contributed by atoms with van der Waals surface area (Å²) < 4.78 is 0. The number of hydrogen-bond donors (Lipinski definition) is 1. The molecule has 1 nitrogen and oxygen atoms in total. The molecule has 2 N–H and O–H groups in total. The SMILES string of the molecule is CC1(CCc2ccccc2)CCC(N)CC1. The Kier molecular flexibility index (Phi) is 3.65. The van der Waals surface area contributed by atoms with Gasteiger partial charge in [0.15, 0.2) is 0 Å². The van der Waals surface area contributed by atoms with E-state index in [2.05, 4.69) is 37.3 Å². The Morgan fingerprint density at radius 3 is 2.44 bits per heavy atom. The van der Waals surface area contributed by atoms with Crippen LogP contribution < -0.4 is 5.73 Å². The monoisotopic (exact) mass is 217 g/mol. The second-order valence-electron chi connectivity index (χ2n) is 5.63. The van der Waals surface area contributed by atoms with Crippen molar-refractivity contribution < 1.29 is 0 Å². The molecule has 1 saturated carbocycles. The van der Waals surface area contributed by atoms with Gasteiger partial charge in [-0.25, -0.2) is 0 Å². The van der Waals surface area contributed by atoms with Crippen molar-refractivity contribution in [1.29, 1.82) is 0 Å². The Hall–Kier alpha value is -0.820. The van der Waals surface area contributed by atoms with Crippen LogP contribution in [0.25, 0.3) is 0 Å². The molecule has 16 heavy (non-hydrogen) atoms. The van der Waals surface area contributed by atoms with Crippen LogP contribution in [-0.4, -0.2) is 6.04 Å². The topological polar surface area (TPSA) is 26.0 Å². The van der Waals surface area contributed by atoms with Gasteiger partial charge in [-0.3, -0.25) is 0 Å². The smallest absolute Gasteiger partial charge is 0.00392 e. The predicted octanol–water partition coefficient (Wildman–Crippen LogP) is 3.53. The molecule has 2 rings (SSSR count). The highest BCUT2D eigenvalue weighted by Crippen LogP contribution is 2.39. The predicted molar refractivity (Wildman–Crippen MR) is 69.3 cm³/mol. The fourth-order valence-electron chi connectivity index (χ4n) is 2.68. The average molecular weight is 217 g/mol. The van der Waals surface area contributed by atoms with E-state index in [0.29, 0.717) is 11.5 Å². The first kappa shape index (κ1) is 11.7. The van der Waals surface area contributed by atoms with Crippen molar-refractivity contribution in [2.75, 3.05) is 0 Å². The lowest BCUT2D eigenvalue weighted by Gasteiger charge is -2.36. The highest BCUT2D eigenvalue weighted by atomic mass is 14.6. The molecule has 0 radical (unpaired) electrons. The third-order valence-electron chi connectivity index (χ3n) is 4.10. The standard InChI is InChI=1S/C15H23N/c1-15(11-8-14(16)9-12-15)10-7-13-5-3-2-4-6-13/h2-6,14H,7-12,16H2,1H3. The molecule has 0 aromatic heterocycles. The molecule has 1 aliphatic carbocycles. The summed E-state index contributed by atoms with van der Waals surface area (Å²) in [4.78, 5) is 0. The third kappa shape index (κ3) is 3.08. The van der Waals surface area contributed by atoms with Crippen LogP contribution in [0.1, 0.15) is 44.6 Å². The summed E-state index contributed by atoms with van der Waals surface area (Å²) in [6.45, 7) is 2.43. The van der Waals surface area contributed by atoms with Gasteiger partial charge in [-0.1, -0.05) is 37.3 Å². The van der Waals surface area contributed by atoms with Crippen molar-refractivity contribution in [2.24, 2.45) is 11.1 Å². The van der Waals surface area contributed by atoms with Crippen molar-refractivity contribution in [2.45, 2.75) is 51.5 Å². The number of aryl methyl sites for hydroxylation is 1. The van der Waals surface area contributed by atoms with Gasteiger partial charge in [-0.15, -0.1) is 0 Å². The van der Waals surface area contributed by atoms with Crippen molar-refractivity contribution in [3.05, 3.63) is 35.9 Å². The summed E-state index contributed by atoms with van der Waals surface area (Å²) in [6.07, 6.45) is 7.56. The van der Waals surface area contributed by atoms with Crippen LogP contribution in [0.15, 0.2) is 30.3 Å². The van der Waals surface area contributed by atoms with Gasteiger partial charge in [0.05, 0.1) is 0 Å². The maximum atomic E-state index is 5.96. The van der Waals surface area contributed by atoms with Gasteiger partial charge in [-0.05, 0) is 49.5 Å². The Labute approximate surface area is 99.0 Å². The molecule has 1 aromatic carbocycles. The van der Waals surface area contributed by atoms with Crippen LogP contribution in [0.2, 0.25) is 0 Å². The lowest BCUT2D eigenvalue weighted by atomic mass is 9.71. The highest BCUT2D eigenvalue weighted by molar-refractivity contribution is 5.15. The van der Waals surface area contributed by atoms with E-state index in [4.69, 9.17) is 5.73 Å². The fourth-order valence-corrected chi connectivity index (χ4v) is 2.68. The van der Waals surface area contributed by atoms with Crippen LogP contribution in [-0.2, 0) is 6.42 Å². The van der Waals surface area contributed by atoms with E-state index >= 15 is 0 Å². The maximum Gasteiger partial charge on any atom is 0.00392 e. The van der Waals surface area contributed by atoms with Gasteiger partial charge in [0.2, 0.25) is 0 Å². The van der Waals surface area contributed by atoms with E-state index in [1.165, 1.54) is 44.1 Å². The van der Waals surface area contributed by atoms with Crippen molar-refractivity contribution >= 4 is 0 Å². The molecule has 0 unspecified atom stereocenters. The van der Waals surface area contributed by atoms with E-state index in [1.54, 1.807) is 0 Å². The van der Waals surface area contributed by atoms with Gasteiger partial charge < -0.3 is 5.73 Å². The molecule has 0 amide bonds. The minimum absolute atomic E-state index is 0.463. The van der Waals surface area contributed by atoms with Crippen molar-refractivity contribution in [3.8, 4) is 0 Å². The van der Waals surface area contributed by atoms with Gasteiger partial charge in [0, 0.05) is 6.04 Å². The molecule has 0 bridgehead atoms. The summed E-state index contributed by atoms with van der Waals surface area (Å²) in [7, 11) is 0. The molecule has 1 aliphatic rings. The van der Waals surface area contributed by atoms with Crippen LogP contribution in [0, 0.1) is 5.41 Å². The molecule has 1 fully saturated rings. The summed E-state index contributed by atoms with van der Waals surface area (Å²) in [5, 5.41) is 0. The summed E-state index contributed by atoms with van der Waals surface area (Å²) in [5.74, 6) is 0. The van der Waals surface area contributed by atoms with Crippen LogP contribution >= 0.6 is 0 Å². The Balaban J connectivity index is 1.85. The van der Waals surface area contributed by atoms with Crippen molar-refractivity contribution in [1.82, 2.24) is 0 Å². The summed E-state index contributed by atoms with van der Waals surface area (Å²) >= 11 is 0. The van der Waals surface area contributed by atoms with Crippen LogP contribution in [0.5, 0.6) is 0 Å². The number of hydrogen-bond acceptors (Lipinski definition) is 1. The molecule has 0 saturated heterocycles. The fraction of sp³-hybridized carbons (Fsp3) is 0.600. The zero-order valence-electron chi connectivity index (χ0n) is 10.3. The number of nitrogens with two attached hydrogens (primary N) is 1. The van der Waals surface area contributed by atoms with Gasteiger partial charge >= 0.3 is 0 Å². The average Bonchev–Trinajstić information content (AvgIpc) is 2.33. The van der Waals surface area contributed by atoms with Crippen LogP contribution in [0.4, 0.5) is 0 Å². The van der Waals surface area contributed by atoms with E-state index in [0.717, 1.165) is 0 Å². The van der Waals surface area contributed by atoms with Crippen LogP contribution in [0.3, 0.4) is 0 Å². The van der Waals surface area contributed by atoms with Crippen molar-refractivity contribution in [3.63, 3.8) is 0 Å². The van der Waals surface area contributed by atoms with E-state index in [1.807, 2.05) is 0 Å². The number of rotatable bonds is 3. The zero-order chi connectivity index (χ0) is 11.4. The molecule has 88 valence electrons. The maximum absolute atomic E-state index is 5.96. The van der Waals surface area contributed by atoms with Gasteiger partial charge in [-0.2, -0.15) is 0 Å². The molecular weight excluding hydrogens is 194 g/mol. The quantitative estimate of drug-likeness (QED) is 0.823. The van der Waals surface area contributed by atoms with Gasteiger partial charge in [0.25, 0.3) is 0 Å². The molecule has 1 aromatic rings. The molecule has 0 atom stereocenters. The Morgan fingerprint density at radius 1 is 1.19 bits per heavy atom. The first-order valence-corrected chi connectivity index (χ1v) is 6.47.